The zero-order valence-electron chi connectivity index (χ0n) is 8.98. The van der Waals surface area contributed by atoms with Crippen molar-refractivity contribution in [1.29, 1.82) is 0 Å². The number of benzene rings is 1. The molecule has 0 radical (unpaired) electrons. The van der Waals surface area contributed by atoms with Gasteiger partial charge < -0.3 is 4.74 Å². The van der Waals surface area contributed by atoms with Crippen molar-refractivity contribution < 1.29 is 4.74 Å². The summed E-state index contributed by atoms with van der Waals surface area (Å²) >= 11 is 0. The minimum absolute atomic E-state index is 0.810. The maximum atomic E-state index is 5.09. The molecule has 1 aromatic rings. The fourth-order valence-corrected chi connectivity index (χ4v) is 1.81. The van der Waals surface area contributed by atoms with Crippen LogP contribution >= 0.6 is 0 Å². The van der Waals surface area contributed by atoms with Gasteiger partial charge in [-0.25, -0.2) is 0 Å². The molecule has 0 saturated heterocycles. The lowest BCUT2D eigenvalue weighted by Crippen LogP contribution is -2.00. The van der Waals surface area contributed by atoms with Gasteiger partial charge in [0, 0.05) is 7.11 Å². The van der Waals surface area contributed by atoms with Gasteiger partial charge in [0.15, 0.2) is 0 Å². The van der Waals surface area contributed by atoms with E-state index in [9.17, 15) is 0 Å². The number of hydrogen-bond donors (Lipinski definition) is 0. The fourth-order valence-electron chi connectivity index (χ4n) is 1.81. The van der Waals surface area contributed by atoms with Crippen molar-refractivity contribution in [3.05, 3.63) is 34.4 Å². The molecule has 1 aromatic carbocycles. The van der Waals surface area contributed by atoms with E-state index in [1.165, 1.54) is 22.3 Å². The Hall–Kier alpha value is -0.820. The van der Waals surface area contributed by atoms with Crippen LogP contribution in [-0.4, -0.2) is 13.7 Å². The number of rotatable bonds is 3. The Balaban J connectivity index is 2.92. The van der Waals surface area contributed by atoms with Crippen LogP contribution in [0.25, 0.3) is 0 Å². The third kappa shape index (κ3) is 2.56. The van der Waals surface area contributed by atoms with Gasteiger partial charge in [0.25, 0.3) is 0 Å². The Labute approximate surface area is 80.7 Å². The van der Waals surface area contributed by atoms with E-state index in [0.29, 0.717) is 0 Å². The zero-order valence-corrected chi connectivity index (χ0v) is 8.98. The van der Waals surface area contributed by atoms with Crippen LogP contribution in [0.3, 0.4) is 0 Å². The average molecular weight is 178 g/mol. The second-order valence-corrected chi connectivity index (χ2v) is 3.62. The normalized spacial score (nSPS) is 10.5. The van der Waals surface area contributed by atoms with Crippen molar-refractivity contribution >= 4 is 0 Å². The summed E-state index contributed by atoms with van der Waals surface area (Å²) in [5.41, 5.74) is 5.55. The Morgan fingerprint density at radius 1 is 1.08 bits per heavy atom. The molecule has 1 nitrogen and oxygen atoms in total. The monoisotopic (exact) mass is 178 g/mol. The summed E-state index contributed by atoms with van der Waals surface area (Å²) in [6.45, 7) is 7.29. The van der Waals surface area contributed by atoms with Crippen molar-refractivity contribution in [2.75, 3.05) is 13.7 Å². The Bertz CT molecular complexity index is 266. The topological polar surface area (TPSA) is 9.23 Å². The first-order valence-electron chi connectivity index (χ1n) is 4.71. The van der Waals surface area contributed by atoms with Gasteiger partial charge in [-0.1, -0.05) is 17.7 Å². The first-order valence-corrected chi connectivity index (χ1v) is 4.71. The van der Waals surface area contributed by atoms with E-state index in [4.69, 9.17) is 4.74 Å². The Morgan fingerprint density at radius 3 is 2.08 bits per heavy atom. The van der Waals surface area contributed by atoms with Gasteiger partial charge >= 0.3 is 0 Å². The third-order valence-corrected chi connectivity index (χ3v) is 2.40. The van der Waals surface area contributed by atoms with Crippen molar-refractivity contribution in [1.82, 2.24) is 0 Å². The minimum Gasteiger partial charge on any atom is -0.384 e. The van der Waals surface area contributed by atoms with Gasteiger partial charge in [-0.05, 0) is 43.9 Å². The minimum atomic E-state index is 0.810. The number of hydrogen-bond acceptors (Lipinski definition) is 1. The molecule has 0 unspecified atom stereocenters. The molecule has 0 saturated carbocycles. The van der Waals surface area contributed by atoms with Gasteiger partial charge in [-0.2, -0.15) is 0 Å². The molecule has 0 aliphatic rings. The highest BCUT2D eigenvalue weighted by atomic mass is 16.5. The van der Waals surface area contributed by atoms with Crippen molar-refractivity contribution in [3.63, 3.8) is 0 Å². The molecule has 0 bridgehead atoms. The van der Waals surface area contributed by atoms with E-state index in [2.05, 4.69) is 32.9 Å². The molecular weight excluding hydrogens is 160 g/mol. The summed E-state index contributed by atoms with van der Waals surface area (Å²) in [7, 11) is 1.75. The van der Waals surface area contributed by atoms with Crippen LogP contribution in [0.1, 0.15) is 22.3 Å². The number of ether oxygens (including phenoxy) is 1. The lowest BCUT2D eigenvalue weighted by Gasteiger charge is -2.10. The maximum Gasteiger partial charge on any atom is 0.0502 e. The molecule has 0 aliphatic heterocycles. The van der Waals surface area contributed by atoms with Gasteiger partial charge in [0.1, 0.15) is 0 Å². The third-order valence-electron chi connectivity index (χ3n) is 2.40. The second-order valence-electron chi connectivity index (χ2n) is 3.62. The van der Waals surface area contributed by atoms with Gasteiger partial charge in [-0.15, -0.1) is 0 Å². The molecule has 0 atom stereocenters. The first kappa shape index (κ1) is 10.3. The van der Waals surface area contributed by atoms with E-state index in [1.807, 2.05) is 0 Å². The van der Waals surface area contributed by atoms with E-state index in [0.717, 1.165) is 13.0 Å². The van der Waals surface area contributed by atoms with Crippen LogP contribution in [0.2, 0.25) is 0 Å². The summed E-state index contributed by atoms with van der Waals surface area (Å²) < 4.78 is 5.09. The first-order chi connectivity index (χ1) is 6.15. The fraction of sp³-hybridized carbons (Fsp3) is 0.500. The van der Waals surface area contributed by atoms with Crippen molar-refractivity contribution in [3.8, 4) is 0 Å². The molecule has 13 heavy (non-hydrogen) atoms. The molecule has 0 aromatic heterocycles. The lowest BCUT2D eigenvalue weighted by molar-refractivity contribution is 0.202. The smallest absolute Gasteiger partial charge is 0.0502 e. The SMILES string of the molecule is COCCc1c(C)cc(C)cc1C. The quantitative estimate of drug-likeness (QED) is 0.691. The molecular formula is C12H18O. The maximum absolute atomic E-state index is 5.09. The largest absolute Gasteiger partial charge is 0.384 e. The molecule has 0 spiro atoms. The average Bonchev–Trinajstić information content (AvgIpc) is 2.02. The standard InChI is InChI=1S/C12H18O/c1-9-7-10(2)12(5-6-13-4)11(3)8-9/h7-8H,5-6H2,1-4H3. The van der Waals surface area contributed by atoms with Crippen LogP contribution in [0, 0.1) is 20.8 Å². The molecule has 0 aliphatic carbocycles. The van der Waals surface area contributed by atoms with Gasteiger partial charge in [0.2, 0.25) is 0 Å². The predicted molar refractivity (Wildman–Crippen MR) is 56.2 cm³/mol. The predicted octanol–water partition coefficient (Wildman–Crippen LogP) is 2.80. The van der Waals surface area contributed by atoms with E-state index < -0.39 is 0 Å². The van der Waals surface area contributed by atoms with Crippen LogP contribution in [0.4, 0.5) is 0 Å². The van der Waals surface area contributed by atoms with Crippen LogP contribution in [-0.2, 0) is 11.2 Å². The molecule has 1 heteroatoms. The van der Waals surface area contributed by atoms with Crippen LogP contribution in [0.5, 0.6) is 0 Å². The van der Waals surface area contributed by atoms with Crippen molar-refractivity contribution in [2.45, 2.75) is 27.2 Å². The Morgan fingerprint density at radius 2 is 1.62 bits per heavy atom. The molecule has 1 rings (SSSR count). The van der Waals surface area contributed by atoms with Crippen LogP contribution < -0.4 is 0 Å². The van der Waals surface area contributed by atoms with E-state index in [-0.39, 0.29) is 0 Å². The summed E-state index contributed by atoms with van der Waals surface area (Å²) in [5.74, 6) is 0. The Kier molecular flexibility index (Phi) is 3.49. The highest BCUT2D eigenvalue weighted by molar-refractivity contribution is 5.37. The molecule has 0 fully saturated rings. The zero-order chi connectivity index (χ0) is 9.84. The summed E-state index contributed by atoms with van der Waals surface area (Å²) in [5, 5.41) is 0. The summed E-state index contributed by atoms with van der Waals surface area (Å²) in [6, 6.07) is 4.47. The molecule has 0 heterocycles. The number of methoxy groups -OCH3 is 1. The number of aryl methyl sites for hydroxylation is 3. The van der Waals surface area contributed by atoms with Gasteiger partial charge in [-0.3, -0.25) is 0 Å². The lowest BCUT2D eigenvalue weighted by atomic mass is 9.98. The summed E-state index contributed by atoms with van der Waals surface area (Å²) in [6.07, 6.45) is 1.02. The highest BCUT2D eigenvalue weighted by Crippen LogP contribution is 2.16. The summed E-state index contributed by atoms with van der Waals surface area (Å²) in [4.78, 5) is 0. The second kappa shape index (κ2) is 4.43. The van der Waals surface area contributed by atoms with E-state index in [1.54, 1.807) is 7.11 Å². The molecule has 72 valence electrons. The van der Waals surface area contributed by atoms with Gasteiger partial charge in [0.05, 0.1) is 6.61 Å². The van der Waals surface area contributed by atoms with E-state index >= 15 is 0 Å². The molecule has 0 N–H and O–H groups in total. The molecule has 0 amide bonds. The van der Waals surface area contributed by atoms with Crippen molar-refractivity contribution in [2.24, 2.45) is 0 Å². The highest BCUT2D eigenvalue weighted by Gasteiger charge is 2.02. The van der Waals surface area contributed by atoms with Crippen LogP contribution in [0.15, 0.2) is 12.1 Å².